The predicted molar refractivity (Wildman–Crippen MR) is 97.4 cm³/mol. The van der Waals surface area contributed by atoms with Crippen molar-refractivity contribution in [1.82, 2.24) is 10.1 Å². The molecule has 0 aliphatic carbocycles. The molecule has 2 N–H and O–H groups in total. The number of benzene rings is 2. The molecule has 1 aromatic heterocycles. The van der Waals surface area contributed by atoms with Crippen molar-refractivity contribution in [2.75, 3.05) is 17.2 Å². The van der Waals surface area contributed by atoms with E-state index in [-0.39, 0.29) is 12.5 Å². The molecular weight excluding hydrogens is 356 g/mol. The van der Waals surface area contributed by atoms with Gasteiger partial charge in [0.1, 0.15) is 5.75 Å². The van der Waals surface area contributed by atoms with E-state index in [9.17, 15) is 4.79 Å². The van der Waals surface area contributed by atoms with E-state index in [1.807, 2.05) is 31.2 Å². The molecule has 0 fully saturated rings. The number of hydrogen-bond donors (Lipinski definition) is 2. The number of halogens is 1. The number of carbonyl (C=O) groups is 1. The smallest absolute Gasteiger partial charge is 0.262 e. The molecule has 4 rings (SSSR count). The van der Waals surface area contributed by atoms with Crippen molar-refractivity contribution in [3.8, 4) is 17.1 Å². The minimum atomic E-state index is -0.205. The van der Waals surface area contributed by atoms with Crippen LogP contribution < -0.4 is 15.4 Å². The van der Waals surface area contributed by atoms with Crippen LogP contribution in [0.15, 0.2) is 40.9 Å². The van der Waals surface area contributed by atoms with Crippen molar-refractivity contribution < 1.29 is 14.1 Å². The lowest BCUT2D eigenvalue weighted by Crippen LogP contribution is -2.25. The normalized spacial score (nSPS) is 12.9. The number of aryl methyl sites for hydroxylation is 1. The topological polar surface area (TPSA) is 89.3 Å². The summed E-state index contributed by atoms with van der Waals surface area (Å²) in [6, 6.07) is 11.2. The highest BCUT2D eigenvalue weighted by atomic mass is 35.5. The Morgan fingerprint density at radius 1 is 1.31 bits per heavy atom. The summed E-state index contributed by atoms with van der Waals surface area (Å²) in [6.45, 7) is 2.29. The van der Waals surface area contributed by atoms with Crippen molar-refractivity contribution in [2.45, 2.75) is 13.5 Å². The van der Waals surface area contributed by atoms with Crippen LogP contribution in [0.1, 0.15) is 11.5 Å². The van der Waals surface area contributed by atoms with Gasteiger partial charge in [-0.05, 0) is 18.6 Å². The van der Waals surface area contributed by atoms with Crippen LogP contribution in [0.2, 0.25) is 5.02 Å². The molecule has 1 amide bonds. The van der Waals surface area contributed by atoms with Gasteiger partial charge < -0.3 is 19.9 Å². The number of nitrogens with one attached hydrogen (secondary N) is 2. The summed E-state index contributed by atoms with van der Waals surface area (Å²) in [6.07, 6.45) is 0. The second kappa shape index (κ2) is 6.68. The van der Waals surface area contributed by atoms with Crippen molar-refractivity contribution in [3.63, 3.8) is 0 Å². The first-order valence-corrected chi connectivity index (χ1v) is 8.36. The molecule has 7 nitrogen and oxygen atoms in total. The average molecular weight is 371 g/mol. The third kappa shape index (κ3) is 3.21. The van der Waals surface area contributed by atoms with Gasteiger partial charge in [0.05, 0.1) is 22.9 Å². The lowest BCUT2D eigenvalue weighted by atomic mass is 10.1. The maximum atomic E-state index is 11.4. The highest BCUT2D eigenvalue weighted by Gasteiger charge is 2.18. The number of fused-ring (bicyclic) bond motifs is 1. The van der Waals surface area contributed by atoms with Gasteiger partial charge in [-0.15, -0.1) is 0 Å². The van der Waals surface area contributed by atoms with Crippen LogP contribution in [0.4, 0.5) is 11.4 Å². The summed E-state index contributed by atoms with van der Waals surface area (Å²) >= 11 is 6.26. The van der Waals surface area contributed by atoms with Gasteiger partial charge in [0.15, 0.2) is 6.61 Å². The number of amides is 1. The fraction of sp³-hybridized carbons (Fsp3) is 0.167. The maximum Gasteiger partial charge on any atom is 0.262 e. The summed E-state index contributed by atoms with van der Waals surface area (Å²) in [7, 11) is 0. The summed E-state index contributed by atoms with van der Waals surface area (Å²) in [5.41, 5.74) is 3.21. The number of nitrogens with zero attached hydrogens (tertiary/aromatic N) is 2. The molecule has 0 bridgehead atoms. The van der Waals surface area contributed by atoms with Gasteiger partial charge in [-0.3, -0.25) is 4.79 Å². The SMILES string of the molecule is Cc1ccccc1-c1noc(CNc2cc3c(cc2Cl)NC(=O)CO3)n1. The molecule has 1 aliphatic heterocycles. The third-order valence-electron chi connectivity index (χ3n) is 3.99. The van der Waals surface area contributed by atoms with Crippen LogP contribution in [-0.2, 0) is 11.3 Å². The lowest BCUT2D eigenvalue weighted by molar-refractivity contribution is -0.118. The average Bonchev–Trinajstić information content (AvgIpc) is 3.09. The van der Waals surface area contributed by atoms with Crippen molar-refractivity contribution >= 4 is 28.9 Å². The van der Waals surface area contributed by atoms with E-state index >= 15 is 0 Å². The minimum Gasteiger partial charge on any atom is -0.482 e. The number of rotatable bonds is 4. The van der Waals surface area contributed by atoms with E-state index < -0.39 is 0 Å². The summed E-state index contributed by atoms with van der Waals surface area (Å²) in [4.78, 5) is 15.8. The molecule has 2 heterocycles. The van der Waals surface area contributed by atoms with Crippen LogP contribution in [0.5, 0.6) is 5.75 Å². The van der Waals surface area contributed by atoms with Crippen LogP contribution in [0.3, 0.4) is 0 Å². The standard InChI is InChI=1S/C18H15ClN4O3/c1-10-4-2-3-5-11(10)18-22-17(26-23-18)8-20-13-7-15-14(6-12(13)19)21-16(24)9-25-15/h2-7,20H,8-9H2,1H3,(H,21,24). The molecule has 2 aromatic carbocycles. The van der Waals surface area contributed by atoms with Crippen LogP contribution in [-0.4, -0.2) is 22.7 Å². The first kappa shape index (κ1) is 16.4. The molecule has 0 unspecified atom stereocenters. The van der Waals surface area contributed by atoms with E-state index in [1.165, 1.54) is 0 Å². The Balaban J connectivity index is 1.50. The van der Waals surface area contributed by atoms with Crippen LogP contribution >= 0.6 is 11.6 Å². The fourth-order valence-corrected chi connectivity index (χ4v) is 2.90. The van der Waals surface area contributed by atoms with Crippen molar-refractivity contribution in [1.29, 1.82) is 0 Å². The summed E-state index contributed by atoms with van der Waals surface area (Å²) in [5.74, 6) is 1.33. The van der Waals surface area contributed by atoms with E-state index in [0.29, 0.717) is 40.4 Å². The molecule has 26 heavy (non-hydrogen) atoms. The Hall–Kier alpha value is -3.06. The molecule has 0 saturated carbocycles. The summed E-state index contributed by atoms with van der Waals surface area (Å²) < 4.78 is 10.7. The number of anilines is 2. The molecular formula is C18H15ClN4O3. The van der Waals surface area contributed by atoms with Crippen LogP contribution in [0.25, 0.3) is 11.4 Å². The molecule has 8 heteroatoms. The highest BCUT2D eigenvalue weighted by molar-refractivity contribution is 6.33. The first-order valence-electron chi connectivity index (χ1n) is 7.99. The monoisotopic (exact) mass is 370 g/mol. The highest BCUT2D eigenvalue weighted by Crippen LogP contribution is 2.36. The van der Waals surface area contributed by atoms with E-state index in [0.717, 1.165) is 11.1 Å². The number of carbonyl (C=O) groups excluding carboxylic acids is 1. The molecule has 3 aromatic rings. The van der Waals surface area contributed by atoms with E-state index in [4.69, 9.17) is 20.9 Å². The van der Waals surface area contributed by atoms with Gasteiger partial charge in [0.2, 0.25) is 11.7 Å². The number of aromatic nitrogens is 2. The van der Waals surface area contributed by atoms with Crippen molar-refractivity contribution in [3.05, 3.63) is 52.9 Å². The largest absolute Gasteiger partial charge is 0.482 e. The van der Waals surface area contributed by atoms with Gasteiger partial charge in [0, 0.05) is 11.6 Å². The minimum absolute atomic E-state index is 0.0164. The number of hydrogen-bond acceptors (Lipinski definition) is 6. The molecule has 0 saturated heterocycles. The van der Waals surface area contributed by atoms with Crippen molar-refractivity contribution in [2.24, 2.45) is 0 Å². The quantitative estimate of drug-likeness (QED) is 0.728. The number of ether oxygens (including phenoxy) is 1. The van der Waals surface area contributed by atoms with Gasteiger partial charge in [-0.2, -0.15) is 4.98 Å². The zero-order chi connectivity index (χ0) is 18.1. The summed E-state index contributed by atoms with van der Waals surface area (Å²) in [5, 5.41) is 10.3. The molecule has 0 radical (unpaired) electrons. The lowest BCUT2D eigenvalue weighted by Gasteiger charge is -2.19. The van der Waals surface area contributed by atoms with Gasteiger partial charge in [-0.25, -0.2) is 0 Å². The Labute approximate surface area is 154 Å². The Morgan fingerprint density at radius 2 is 2.15 bits per heavy atom. The van der Waals surface area contributed by atoms with Gasteiger partial charge in [0.25, 0.3) is 5.91 Å². The second-order valence-corrected chi connectivity index (χ2v) is 6.25. The van der Waals surface area contributed by atoms with E-state index in [1.54, 1.807) is 12.1 Å². The third-order valence-corrected chi connectivity index (χ3v) is 4.30. The zero-order valence-corrected chi connectivity index (χ0v) is 14.6. The predicted octanol–water partition coefficient (Wildman–Crippen LogP) is 3.64. The van der Waals surface area contributed by atoms with E-state index in [2.05, 4.69) is 20.8 Å². The molecule has 0 spiro atoms. The fourth-order valence-electron chi connectivity index (χ4n) is 2.67. The molecule has 1 aliphatic rings. The second-order valence-electron chi connectivity index (χ2n) is 5.85. The molecule has 132 valence electrons. The first-order chi connectivity index (χ1) is 12.6. The maximum absolute atomic E-state index is 11.4. The molecule has 0 atom stereocenters. The van der Waals surface area contributed by atoms with Gasteiger partial charge >= 0.3 is 0 Å². The Kier molecular flexibility index (Phi) is 4.22. The zero-order valence-electron chi connectivity index (χ0n) is 13.9. The van der Waals surface area contributed by atoms with Gasteiger partial charge in [-0.1, -0.05) is 41.0 Å². The van der Waals surface area contributed by atoms with Crippen LogP contribution in [0, 0.1) is 6.92 Å². The Bertz CT molecular complexity index is 986. The Morgan fingerprint density at radius 3 is 3.00 bits per heavy atom.